The van der Waals surface area contributed by atoms with E-state index in [4.69, 9.17) is 37.1 Å². The van der Waals surface area contributed by atoms with Gasteiger partial charge >= 0.3 is 23.0 Å². The van der Waals surface area contributed by atoms with Crippen LogP contribution in [0.3, 0.4) is 0 Å². The second kappa shape index (κ2) is 8.49. The van der Waals surface area contributed by atoms with Gasteiger partial charge < -0.3 is 32.5 Å². The Labute approximate surface area is 109 Å². The lowest BCUT2D eigenvalue weighted by atomic mass is 10.8. The molecule has 0 bridgehead atoms. The van der Waals surface area contributed by atoms with Crippen molar-refractivity contribution in [2.45, 2.75) is 19.4 Å². The summed E-state index contributed by atoms with van der Waals surface area (Å²) in [6.07, 6.45) is 0. The topological polar surface area (TPSA) is 95.8 Å². The maximum absolute atomic E-state index is 9.08. The molecule has 0 unspecified atom stereocenters. The van der Waals surface area contributed by atoms with Crippen molar-refractivity contribution < 1.29 is 37.1 Å². The molecule has 0 heterocycles. The van der Waals surface area contributed by atoms with Crippen LogP contribution in [-0.4, -0.2) is 58.7 Å². The number of ether oxygens (including phenoxy) is 2. The Morgan fingerprint density at radius 2 is 1.33 bits per heavy atom. The minimum Gasteiger partial charge on any atom is -0.372 e. The summed E-state index contributed by atoms with van der Waals surface area (Å²) in [6.45, 7) is 3.73. The molecule has 0 aromatic carbocycles. The van der Waals surface area contributed by atoms with Gasteiger partial charge in [0.15, 0.2) is 0 Å². The average molecular weight is 304 g/mol. The molecular formula is C8H21O8PSi. The summed E-state index contributed by atoms with van der Waals surface area (Å²) < 4.78 is 31.3. The van der Waals surface area contributed by atoms with E-state index in [1.165, 1.54) is 21.3 Å². The van der Waals surface area contributed by atoms with Gasteiger partial charge in [0.2, 0.25) is 0 Å². The largest absolute Gasteiger partial charge is 0.596 e. The quantitative estimate of drug-likeness (QED) is 0.339. The summed E-state index contributed by atoms with van der Waals surface area (Å²) in [6, 6.07) is 0. The lowest BCUT2D eigenvalue weighted by molar-refractivity contribution is -0.318. The first-order valence-corrected chi connectivity index (χ1v) is 8.16. The van der Waals surface area contributed by atoms with Gasteiger partial charge in [-0.1, -0.05) is 0 Å². The summed E-state index contributed by atoms with van der Waals surface area (Å²) in [5.41, 5.74) is -1.91. The van der Waals surface area contributed by atoms with Gasteiger partial charge in [0.05, 0.1) is 0 Å². The summed E-state index contributed by atoms with van der Waals surface area (Å²) in [5, 5.41) is 0. The SMILES string of the molecule is CCOC(OCC)(OP(O)O)[Si](OC)(OC)OC. The first-order valence-electron chi connectivity index (χ1n) is 5.27. The smallest absolute Gasteiger partial charge is 0.372 e. The fraction of sp³-hybridized carbons (Fsp3) is 1.00. The summed E-state index contributed by atoms with van der Waals surface area (Å²) >= 11 is 0. The fourth-order valence-corrected chi connectivity index (χ4v) is 4.34. The maximum atomic E-state index is 9.08. The monoisotopic (exact) mass is 304 g/mol. The highest BCUT2D eigenvalue weighted by atomic mass is 31.2. The molecule has 0 rings (SSSR count). The molecule has 10 heteroatoms. The Morgan fingerprint density at radius 3 is 1.56 bits per heavy atom. The van der Waals surface area contributed by atoms with Crippen LogP contribution in [0.2, 0.25) is 0 Å². The molecule has 110 valence electrons. The van der Waals surface area contributed by atoms with E-state index in [1.807, 2.05) is 0 Å². The Hall–Kier alpha value is 0.327. The maximum Gasteiger partial charge on any atom is 0.596 e. The molecule has 0 aliphatic rings. The standard InChI is InChI=1S/C8H21O8PSi/c1-6-14-8(15-7-2,16-17(9)10)18(11-3,12-4)13-5/h9-10H,6-7H2,1-5H3. The van der Waals surface area contributed by atoms with Crippen molar-refractivity contribution in [1.82, 2.24) is 0 Å². The molecular weight excluding hydrogens is 283 g/mol. The molecule has 18 heavy (non-hydrogen) atoms. The third kappa shape index (κ3) is 3.91. The van der Waals surface area contributed by atoms with Crippen LogP contribution in [0, 0.1) is 0 Å². The Kier molecular flexibility index (Phi) is 8.64. The first-order chi connectivity index (χ1) is 8.47. The van der Waals surface area contributed by atoms with Crippen molar-refractivity contribution in [3.05, 3.63) is 0 Å². The lowest BCUT2D eigenvalue weighted by Gasteiger charge is -2.40. The van der Waals surface area contributed by atoms with Crippen molar-refractivity contribution in [1.29, 1.82) is 0 Å². The molecule has 0 radical (unpaired) electrons. The zero-order valence-electron chi connectivity index (χ0n) is 11.2. The molecule has 0 aromatic heterocycles. The molecule has 8 nitrogen and oxygen atoms in total. The van der Waals surface area contributed by atoms with Crippen molar-refractivity contribution in [2.24, 2.45) is 0 Å². The van der Waals surface area contributed by atoms with Gasteiger partial charge in [-0.05, 0) is 13.8 Å². The third-order valence-electron chi connectivity index (χ3n) is 2.05. The predicted octanol–water partition coefficient (Wildman–Crippen LogP) is 0.359. The van der Waals surface area contributed by atoms with Gasteiger partial charge in [0.1, 0.15) is 0 Å². The van der Waals surface area contributed by atoms with Crippen molar-refractivity contribution in [3.63, 3.8) is 0 Å². The second-order valence-electron chi connectivity index (χ2n) is 2.93. The fourth-order valence-electron chi connectivity index (χ4n) is 1.44. The van der Waals surface area contributed by atoms with E-state index in [0.29, 0.717) is 0 Å². The van der Waals surface area contributed by atoms with E-state index in [9.17, 15) is 0 Å². The predicted molar refractivity (Wildman–Crippen MR) is 65.2 cm³/mol. The molecule has 0 fully saturated rings. The molecule has 0 saturated carbocycles. The van der Waals surface area contributed by atoms with Crippen LogP contribution >= 0.6 is 8.60 Å². The minimum atomic E-state index is -3.57. The van der Waals surface area contributed by atoms with E-state index in [2.05, 4.69) is 0 Å². The number of rotatable bonds is 10. The van der Waals surface area contributed by atoms with Gasteiger partial charge in [-0.15, -0.1) is 0 Å². The van der Waals surface area contributed by atoms with E-state index in [0.717, 1.165) is 0 Å². The van der Waals surface area contributed by atoms with E-state index in [1.54, 1.807) is 13.8 Å². The van der Waals surface area contributed by atoms with Crippen molar-refractivity contribution >= 4 is 17.4 Å². The van der Waals surface area contributed by atoms with Crippen molar-refractivity contribution in [2.75, 3.05) is 34.5 Å². The van der Waals surface area contributed by atoms with Crippen LogP contribution in [0.25, 0.3) is 0 Å². The van der Waals surface area contributed by atoms with Crippen LogP contribution < -0.4 is 0 Å². The average Bonchev–Trinajstić information content (AvgIpc) is 2.31. The van der Waals surface area contributed by atoms with Gasteiger partial charge in [-0.25, -0.2) is 0 Å². The van der Waals surface area contributed by atoms with Gasteiger partial charge in [-0.3, -0.25) is 4.52 Å². The molecule has 0 spiro atoms. The normalized spacial score (nSPS) is 13.3. The zero-order chi connectivity index (χ0) is 14.2. The van der Waals surface area contributed by atoms with Crippen LogP contribution in [0.15, 0.2) is 0 Å². The lowest BCUT2D eigenvalue weighted by Crippen LogP contribution is -2.67. The molecule has 0 aliphatic carbocycles. The summed E-state index contributed by atoms with van der Waals surface area (Å²) in [5.74, 6) is 0. The Bertz CT molecular complexity index is 211. The highest BCUT2D eigenvalue weighted by molar-refractivity contribution is 7.39. The zero-order valence-corrected chi connectivity index (χ0v) is 13.1. The minimum absolute atomic E-state index is 0.175. The van der Waals surface area contributed by atoms with E-state index >= 15 is 0 Å². The third-order valence-corrected chi connectivity index (χ3v) is 5.38. The van der Waals surface area contributed by atoms with Gasteiger partial charge in [-0.2, -0.15) is 0 Å². The number of hydrogen-bond donors (Lipinski definition) is 2. The Balaban J connectivity index is 5.46. The highest BCUT2D eigenvalue weighted by Gasteiger charge is 2.67. The van der Waals surface area contributed by atoms with Crippen LogP contribution in [0.5, 0.6) is 0 Å². The first kappa shape index (κ1) is 18.3. The van der Waals surface area contributed by atoms with Gasteiger partial charge in [0, 0.05) is 34.5 Å². The molecule has 0 amide bonds. The molecule has 0 atom stereocenters. The van der Waals surface area contributed by atoms with Crippen molar-refractivity contribution in [3.8, 4) is 0 Å². The Morgan fingerprint density at radius 1 is 0.944 bits per heavy atom. The van der Waals surface area contributed by atoms with Crippen LogP contribution in [-0.2, 0) is 27.3 Å². The summed E-state index contributed by atoms with van der Waals surface area (Å²) in [7, 11) is -2.30. The van der Waals surface area contributed by atoms with Gasteiger partial charge in [0.25, 0.3) is 0 Å². The molecule has 0 aromatic rings. The molecule has 0 aliphatic heterocycles. The second-order valence-corrected chi connectivity index (χ2v) is 6.57. The summed E-state index contributed by atoms with van der Waals surface area (Å²) in [4.78, 5) is 18.2. The van der Waals surface area contributed by atoms with E-state index in [-0.39, 0.29) is 13.2 Å². The molecule has 0 saturated heterocycles. The van der Waals surface area contributed by atoms with Crippen LogP contribution in [0.1, 0.15) is 13.8 Å². The highest BCUT2D eigenvalue weighted by Crippen LogP contribution is 2.40. The molecule has 2 N–H and O–H groups in total. The van der Waals surface area contributed by atoms with E-state index < -0.39 is 23.0 Å². The van der Waals surface area contributed by atoms with Crippen LogP contribution in [0.4, 0.5) is 0 Å². The number of hydrogen-bond acceptors (Lipinski definition) is 8.